The lowest BCUT2D eigenvalue weighted by Crippen LogP contribution is -2.25. The van der Waals surface area contributed by atoms with E-state index in [4.69, 9.17) is 5.73 Å². The van der Waals surface area contributed by atoms with Crippen molar-refractivity contribution in [1.29, 1.82) is 0 Å². The molecule has 0 fully saturated rings. The number of ketones is 1. The lowest BCUT2D eigenvalue weighted by molar-refractivity contribution is -0.173. The van der Waals surface area contributed by atoms with E-state index >= 15 is 0 Å². The van der Waals surface area contributed by atoms with Gasteiger partial charge in [-0.15, -0.1) is 0 Å². The van der Waals surface area contributed by atoms with Crippen molar-refractivity contribution >= 4 is 5.78 Å². The van der Waals surface area contributed by atoms with Crippen LogP contribution < -0.4 is 5.73 Å². The highest BCUT2D eigenvalue weighted by Gasteiger charge is 2.36. The fourth-order valence-electron chi connectivity index (χ4n) is 0.541. The first-order valence-electron chi connectivity index (χ1n) is 3.16. The predicted octanol–water partition coefficient (Wildman–Crippen LogP) is 1.10. The van der Waals surface area contributed by atoms with E-state index in [-0.39, 0.29) is 6.54 Å². The van der Waals surface area contributed by atoms with Gasteiger partial charge in [0.05, 0.1) is 12.5 Å². The maximum Gasteiger partial charge on any atom is 0.391 e. The third kappa shape index (κ3) is 3.98. The minimum Gasteiger partial charge on any atom is -0.324 e. The number of hydrogen-bond acceptors (Lipinski definition) is 2. The van der Waals surface area contributed by atoms with Crippen LogP contribution >= 0.6 is 0 Å². The number of rotatable bonds is 3. The van der Waals surface area contributed by atoms with Crippen molar-refractivity contribution in [1.82, 2.24) is 0 Å². The molecule has 1 unspecified atom stereocenters. The molecule has 0 bridgehead atoms. The van der Waals surface area contributed by atoms with E-state index in [0.29, 0.717) is 0 Å². The first-order chi connectivity index (χ1) is 4.88. The second-order valence-corrected chi connectivity index (χ2v) is 2.39. The zero-order valence-corrected chi connectivity index (χ0v) is 6.11. The highest BCUT2D eigenvalue weighted by molar-refractivity contribution is 5.80. The molecule has 2 N–H and O–H groups in total. The Bertz CT molecular complexity index is 143. The SMILES string of the molecule is CC(CC(=O)CN)C(F)(F)F. The van der Waals surface area contributed by atoms with E-state index in [2.05, 4.69) is 0 Å². The predicted molar refractivity (Wildman–Crippen MR) is 33.9 cm³/mol. The number of carbonyl (C=O) groups is 1. The molecule has 0 saturated carbocycles. The molecule has 5 heteroatoms. The third-order valence-corrected chi connectivity index (χ3v) is 1.32. The van der Waals surface area contributed by atoms with Crippen LogP contribution in [0.15, 0.2) is 0 Å². The van der Waals surface area contributed by atoms with Crippen LogP contribution in [0.5, 0.6) is 0 Å². The average molecular weight is 169 g/mol. The Labute approximate surface area is 62.6 Å². The van der Waals surface area contributed by atoms with E-state index in [1.165, 1.54) is 0 Å². The van der Waals surface area contributed by atoms with Crippen molar-refractivity contribution in [2.45, 2.75) is 19.5 Å². The van der Waals surface area contributed by atoms with Crippen molar-refractivity contribution in [2.24, 2.45) is 11.7 Å². The van der Waals surface area contributed by atoms with Gasteiger partial charge >= 0.3 is 6.18 Å². The van der Waals surface area contributed by atoms with Crippen LogP contribution in [-0.4, -0.2) is 18.5 Å². The molecule has 11 heavy (non-hydrogen) atoms. The molecule has 0 saturated heterocycles. The van der Waals surface area contributed by atoms with Gasteiger partial charge in [-0.05, 0) is 0 Å². The van der Waals surface area contributed by atoms with E-state index in [9.17, 15) is 18.0 Å². The van der Waals surface area contributed by atoms with Crippen LogP contribution in [0.25, 0.3) is 0 Å². The van der Waals surface area contributed by atoms with Gasteiger partial charge in [0.15, 0.2) is 0 Å². The molecule has 2 nitrogen and oxygen atoms in total. The topological polar surface area (TPSA) is 43.1 Å². The van der Waals surface area contributed by atoms with Gasteiger partial charge in [-0.25, -0.2) is 0 Å². The molecule has 0 aromatic carbocycles. The Morgan fingerprint density at radius 3 is 2.27 bits per heavy atom. The van der Waals surface area contributed by atoms with Gasteiger partial charge in [0.2, 0.25) is 0 Å². The Kier molecular flexibility index (Phi) is 3.51. The maximum absolute atomic E-state index is 11.8. The minimum absolute atomic E-state index is 0.319. The summed E-state index contributed by atoms with van der Waals surface area (Å²) in [7, 11) is 0. The van der Waals surface area contributed by atoms with Crippen LogP contribution in [0.2, 0.25) is 0 Å². The second-order valence-electron chi connectivity index (χ2n) is 2.39. The van der Waals surface area contributed by atoms with Gasteiger partial charge in [0.25, 0.3) is 0 Å². The molecule has 0 aliphatic heterocycles. The summed E-state index contributed by atoms with van der Waals surface area (Å²) in [5.74, 6) is -2.15. The fraction of sp³-hybridized carbons (Fsp3) is 0.833. The van der Waals surface area contributed by atoms with Crippen LogP contribution in [-0.2, 0) is 4.79 Å². The molecule has 0 rings (SSSR count). The summed E-state index contributed by atoms with van der Waals surface area (Å²) in [6.45, 7) is 0.647. The quantitative estimate of drug-likeness (QED) is 0.687. The molecular weight excluding hydrogens is 159 g/mol. The molecule has 0 aliphatic carbocycles. The molecule has 0 radical (unpaired) electrons. The number of hydrogen-bond donors (Lipinski definition) is 1. The van der Waals surface area contributed by atoms with Crippen LogP contribution in [0, 0.1) is 5.92 Å². The Morgan fingerprint density at radius 2 is 2.00 bits per heavy atom. The first kappa shape index (κ1) is 10.4. The van der Waals surface area contributed by atoms with Crippen molar-refractivity contribution in [3.05, 3.63) is 0 Å². The van der Waals surface area contributed by atoms with E-state index < -0.39 is 24.3 Å². The first-order valence-corrected chi connectivity index (χ1v) is 3.16. The van der Waals surface area contributed by atoms with Gasteiger partial charge in [-0.1, -0.05) is 6.92 Å². The molecule has 0 aromatic rings. The summed E-state index contributed by atoms with van der Waals surface area (Å²) in [5, 5.41) is 0. The van der Waals surface area contributed by atoms with Crippen LogP contribution in [0.1, 0.15) is 13.3 Å². The number of nitrogens with two attached hydrogens (primary N) is 1. The lowest BCUT2D eigenvalue weighted by Gasteiger charge is -2.13. The Balaban J connectivity index is 3.87. The summed E-state index contributed by atoms with van der Waals surface area (Å²) in [4.78, 5) is 10.4. The molecule has 1 atom stereocenters. The van der Waals surface area contributed by atoms with Gasteiger partial charge in [-0.3, -0.25) is 4.79 Å². The van der Waals surface area contributed by atoms with Crippen LogP contribution in [0.4, 0.5) is 13.2 Å². The molecule has 0 aromatic heterocycles. The monoisotopic (exact) mass is 169 g/mol. The second kappa shape index (κ2) is 3.71. The number of halogens is 3. The van der Waals surface area contributed by atoms with Gasteiger partial charge in [-0.2, -0.15) is 13.2 Å². The van der Waals surface area contributed by atoms with Gasteiger partial charge in [0.1, 0.15) is 5.78 Å². The summed E-state index contributed by atoms with van der Waals surface area (Å²) in [6, 6.07) is 0. The standard InChI is InChI=1S/C6H10F3NO/c1-4(6(7,8)9)2-5(11)3-10/h4H,2-3,10H2,1H3. The lowest BCUT2D eigenvalue weighted by atomic mass is 10.0. The molecule has 0 heterocycles. The number of carbonyl (C=O) groups excluding carboxylic acids is 1. The van der Waals surface area contributed by atoms with Crippen molar-refractivity contribution in [3.63, 3.8) is 0 Å². The number of Topliss-reactive ketones (excluding diaryl/α,β-unsaturated/α-hetero) is 1. The Morgan fingerprint density at radius 1 is 1.55 bits per heavy atom. The fourth-order valence-corrected chi connectivity index (χ4v) is 0.541. The third-order valence-electron chi connectivity index (χ3n) is 1.32. The highest BCUT2D eigenvalue weighted by atomic mass is 19.4. The van der Waals surface area contributed by atoms with Crippen molar-refractivity contribution in [2.75, 3.05) is 6.54 Å². The average Bonchev–Trinajstić information content (AvgIpc) is 1.85. The summed E-state index contributed by atoms with van der Waals surface area (Å²) in [6.07, 6.45) is -4.80. The zero-order valence-electron chi connectivity index (χ0n) is 6.11. The van der Waals surface area contributed by atoms with E-state index in [1.807, 2.05) is 0 Å². The normalized spacial score (nSPS) is 14.6. The number of alkyl halides is 3. The molecule has 0 spiro atoms. The van der Waals surface area contributed by atoms with Crippen LogP contribution in [0.3, 0.4) is 0 Å². The molecule has 66 valence electrons. The smallest absolute Gasteiger partial charge is 0.324 e. The minimum atomic E-state index is -4.29. The molecule has 0 amide bonds. The summed E-state index contributed by atoms with van der Waals surface area (Å²) < 4.78 is 35.3. The largest absolute Gasteiger partial charge is 0.391 e. The van der Waals surface area contributed by atoms with Gasteiger partial charge in [0, 0.05) is 6.42 Å². The van der Waals surface area contributed by atoms with E-state index in [1.54, 1.807) is 0 Å². The zero-order chi connectivity index (χ0) is 9.07. The van der Waals surface area contributed by atoms with Crippen molar-refractivity contribution in [3.8, 4) is 0 Å². The molecule has 0 aliphatic rings. The summed E-state index contributed by atoms with van der Waals surface area (Å²) >= 11 is 0. The van der Waals surface area contributed by atoms with Gasteiger partial charge < -0.3 is 5.73 Å². The van der Waals surface area contributed by atoms with E-state index in [0.717, 1.165) is 6.92 Å². The molecular formula is C6H10F3NO. The highest BCUT2D eigenvalue weighted by Crippen LogP contribution is 2.27. The Hall–Kier alpha value is -0.580. The maximum atomic E-state index is 11.8. The summed E-state index contributed by atoms with van der Waals surface area (Å²) in [5.41, 5.74) is 4.85. The van der Waals surface area contributed by atoms with Crippen molar-refractivity contribution < 1.29 is 18.0 Å².